The zero-order valence-electron chi connectivity index (χ0n) is 5.90. The first kappa shape index (κ1) is 14.9. The van der Waals surface area contributed by atoms with Crippen molar-refractivity contribution in [3.05, 3.63) is 9.47 Å². The van der Waals surface area contributed by atoms with E-state index in [4.69, 9.17) is 59.5 Å². The third-order valence-electron chi connectivity index (χ3n) is 0.501. The monoisotopic (exact) mass is 502 g/mol. The van der Waals surface area contributed by atoms with Gasteiger partial charge in [0.1, 0.15) is 5.01 Å². The zero-order valence-corrected chi connectivity index (χ0v) is 13.7. The van der Waals surface area contributed by atoms with E-state index < -0.39 is 9.02 Å². The van der Waals surface area contributed by atoms with E-state index in [1.807, 2.05) is 6.92 Å². The summed E-state index contributed by atoms with van der Waals surface area (Å²) < 4.78 is 0.512. The molecular formula is C3H3Cl6IrN2S. The molecule has 0 aliphatic carbocycles. The van der Waals surface area contributed by atoms with E-state index in [0.29, 0.717) is 4.47 Å². The van der Waals surface area contributed by atoms with Gasteiger partial charge in [0.05, 0.1) is 0 Å². The van der Waals surface area contributed by atoms with Gasteiger partial charge in [-0.15, -0.1) is 10.2 Å². The predicted octanol–water partition coefficient (Wildman–Crippen LogP) is 4.94. The van der Waals surface area contributed by atoms with E-state index in [1.165, 1.54) is 11.3 Å². The Balaban J connectivity index is 0.000000226. The summed E-state index contributed by atoms with van der Waals surface area (Å²) in [6.45, 7) is 1.86. The van der Waals surface area contributed by atoms with Crippen LogP contribution in [-0.4, -0.2) is 10.2 Å². The second-order valence-electron chi connectivity index (χ2n) is 1.55. The molecule has 0 radical (unpaired) electrons. The van der Waals surface area contributed by atoms with Crippen molar-refractivity contribution in [1.29, 1.82) is 0 Å². The van der Waals surface area contributed by atoms with Gasteiger partial charge in [-0.3, -0.25) is 0 Å². The molecule has 13 heavy (non-hydrogen) atoms. The molecule has 1 rings (SSSR count). The number of halogens is 6. The fourth-order valence-electron chi connectivity index (χ4n) is 0.272. The van der Waals surface area contributed by atoms with Gasteiger partial charge in [-0.1, -0.05) is 11.3 Å². The maximum atomic E-state index is 5.41. The van der Waals surface area contributed by atoms with Gasteiger partial charge in [-0.05, 0) is 18.5 Å². The van der Waals surface area contributed by atoms with Crippen molar-refractivity contribution in [2.24, 2.45) is 0 Å². The molecule has 0 aliphatic rings. The second kappa shape index (κ2) is 5.33. The normalized spacial score (nSPS) is 13.9. The average Bonchev–Trinajstić information content (AvgIpc) is 2.07. The molecule has 0 amide bonds. The Morgan fingerprint density at radius 3 is 1.54 bits per heavy atom. The fraction of sp³-hybridized carbons (Fsp3) is 0.333. The van der Waals surface area contributed by atoms with Crippen LogP contribution in [0.4, 0.5) is 0 Å². The molecule has 1 aromatic heterocycles. The third-order valence-corrected chi connectivity index (χ3v) is 1.44. The van der Waals surface area contributed by atoms with Crippen LogP contribution >= 0.6 is 70.9 Å². The minimum absolute atomic E-state index is 0.512. The minimum atomic E-state index is -4.24. The molecule has 0 aromatic carbocycles. The molecule has 0 saturated carbocycles. The van der Waals surface area contributed by atoms with Gasteiger partial charge in [0.25, 0.3) is 0 Å². The number of aryl methyl sites for hydroxylation is 1. The molecule has 0 fully saturated rings. The molecule has 10 heteroatoms. The molecule has 1 heterocycles. The molecular weight excluding hydrogens is 501 g/mol. The molecule has 0 saturated heterocycles. The molecule has 0 N–H and O–H groups in total. The van der Waals surface area contributed by atoms with Gasteiger partial charge in [-0.25, -0.2) is 0 Å². The van der Waals surface area contributed by atoms with Crippen molar-refractivity contribution in [2.75, 3.05) is 0 Å². The molecule has 0 bridgehead atoms. The summed E-state index contributed by atoms with van der Waals surface area (Å²) in [4.78, 5) is 0. The van der Waals surface area contributed by atoms with Gasteiger partial charge in [0.15, 0.2) is 0 Å². The van der Waals surface area contributed by atoms with Gasteiger partial charge < -0.3 is 0 Å². The SMILES string of the molecule is Cc1nnc(Cl)s1.[Cl][Ir]([Cl])([Cl])([Cl])[Cl]. The van der Waals surface area contributed by atoms with Crippen LogP contribution < -0.4 is 0 Å². The van der Waals surface area contributed by atoms with E-state index in [-0.39, 0.29) is 0 Å². The molecule has 2 nitrogen and oxygen atoms in total. The number of aromatic nitrogens is 2. The van der Waals surface area contributed by atoms with Gasteiger partial charge >= 0.3 is 56.9 Å². The Labute approximate surface area is 105 Å². The van der Waals surface area contributed by atoms with Crippen LogP contribution in [0.5, 0.6) is 0 Å². The van der Waals surface area contributed by atoms with Crippen LogP contribution in [0, 0.1) is 6.92 Å². The number of nitrogens with zero attached hydrogens (tertiary/aromatic N) is 2. The summed E-state index contributed by atoms with van der Waals surface area (Å²) in [5.41, 5.74) is 0. The van der Waals surface area contributed by atoms with Crippen molar-refractivity contribution in [3.8, 4) is 0 Å². The van der Waals surface area contributed by atoms with Crippen LogP contribution in [0.15, 0.2) is 0 Å². The van der Waals surface area contributed by atoms with Crippen LogP contribution in [-0.2, 0) is 9.02 Å². The Hall–Kier alpha value is 1.95. The first-order chi connectivity index (χ1) is 5.52. The van der Waals surface area contributed by atoms with E-state index in [9.17, 15) is 0 Å². The standard InChI is InChI=1S/C3H3ClN2S.5ClH.Ir/c1-2-5-6-3(4)7-2;;;;;;/h1H3;5*1H;/q;;;;;;+5/p-5. The zero-order chi connectivity index (χ0) is 10.7. The van der Waals surface area contributed by atoms with E-state index >= 15 is 0 Å². The maximum absolute atomic E-state index is 5.41. The molecule has 82 valence electrons. The van der Waals surface area contributed by atoms with Crippen molar-refractivity contribution in [3.63, 3.8) is 0 Å². The Bertz CT molecular complexity index is 245. The Morgan fingerprint density at radius 1 is 1.08 bits per heavy atom. The van der Waals surface area contributed by atoms with Gasteiger partial charge in [-0.2, -0.15) is 0 Å². The van der Waals surface area contributed by atoms with E-state index in [2.05, 4.69) is 10.2 Å². The quantitative estimate of drug-likeness (QED) is 0.501. The summed E-state index contributed by atoms with van der Waals surface area (Å²) >= 11 is 6.79. The van der Waals surface area contributed by atoms with E-state index in [1.54, 1.807) is 0 Å². The molecule has 0 spiro atoms. The first-order valence-electron chi connectivity index (χ1n) is 2.37. The van der Waals surface area contributed by atoms with Crippen LogP contribution in [0.25, 0.3) is 0 Å². The van der Waals surface area contributed by atoms with Crippen LogP contribution in [0.2, 0.25) is 4.47 Å². The molecule has 0 aliphatic heterocycles. The van der Waals surface area contributed by atoms with Crippen molar-refractivity contribution >= 4 is 70.9 Å². The summed E-state index contributed by atoms with van der Waals surface area (Å²) in [6, 6.07) is 0. The van der Waals surface area contributed by atoms with Crippen molar-refractivity contribution in [1.82, 2.24) is 10.2 Å². The summed E-state index contributed by atoms with van der Waals surface area (Å²) in [5.74, 6) is 0. The Kier molecular flexibility index (Phi) is 6.13. The van der Waals surface area contributed by atoms with E-state index in [0.717, 1.165) is 5.01 Å². The third kappa shape index (κ3) is 16.6. The van der Waals surface area contributed by atoms with Gasteiger partial charge in [0, 0.05) is 0 Å². The first-order valence-corrected chi connectivity index (χ1v) is 18.4. The predicted molar refractivity (Wildman–Crippen MR) is 58.9 cm³/mol. The summed E-state index contributed by atoms with van der Waals surface area (Å²) in [7, 11) is 21.0. The van der Waals surface area contributed by atoms with Gasteiger partial charge in [0.2, 0.25) is 4.47 Å². The van der Waals surface area contributed by atoms with Crippen molar-refractivity contribution < 1.29 is 9.02 Å². The summed E-state index contributed by atoms with van der Waals surface area (Å²) in [5, 5.41) is 8.11. The van der Waals surface area contributed by atoms with Crippen molar-refractivity contribution in [2.45, 2.75) is 6.92 Å². The molecule has 1 aromatic rings. The van der Waals surface area contributed by atoms with Crippen LogP contribution in [0.3, 0.4) is 0 Å². The Morgan fingerprint density at radius 2 is 1.46 bits per heavy atom. The average molecular weight is 504 g/mol. The van der Waals surface area contributed by atoms with Crippen LogP contribution in [0.1, 0.15) is 5.01 Å². The second-order valence-corrected chi connectivity index (χ2v) is 37.9. The molecule has 0 atom stereocenters. The fourth-order valence-corrected chi connectivity index (χ4v) is 1.05. The molecule has 0 unspecified atom stereocenters. The number of hydrogen-bond donors (Lipinski definition) is 0. The summed E-state index contributed by atoms with van der Waals surface area (Å²) in [6.07, 6.45) is 0. The topological polar surface area (TPSA) is 25.8 Å². The number of rotatable bonds is 0. The number of hydrogen-bond acceptors (Lipinski definition) is 3.